The van der Waals surface area contributed by atoms with E-state index >= 15 is 0 Å². The van der Waals surface area contributed by atoms with Crippen LogP contribution in [-0.2, 0) is 0 Å². The van der Waals surface area contributed by atoms with E-state index in [2.05, 4.69) is 6.58 Å². The van der Waals surface area contributed by atoms with Crippen LogP contribution < -0.4 is 9.80 Å². The Morgan fingerprint density at radius 1 is 0.355 bits per heavy atom. The summed E-state index contributed by atoms with van der Waals surface area (Å²) in [6, 6.07) is 26.8. The van der Waals surface area contributed by atoms with Crippen molar-refractivity contribution in [3.05, 3.63) is 278 Å². The summed E-state index contributed by atoms with van der Waals surface area (Å²) in [4.78, 5) is 3.74. The van der Waals surface area contributed by atoms with Gasteiger partial charge in [-0.05, 0) is 123 Å². The summed E-state index contributed by atoms with van der Waals surface area (Å²) in [7, 11) is 0. The lowest BCUT2D eigenvalue weighted by atomic mass is 10.0. The van der Waals surface area contributed by atoms with Gasteiger partial charge in [0.25, 0.3) is 0 Å². The van der Waals surface area contributed by atoms with Crippen molar-refractivity contribution in [1.82, 2.24) is 0 Å². The quantitative estimate of drug-likeness (QED) is 0.107. The molecule has 2 heteroatoms. The van der Waals surface area contributed by atoms with Crippen LogP contribution in [0.4, 0.5) is 28.4 Å². The van der Waals surface area contributed by atoms with Gasteiger partial charge < -0.3 is 9.80 Å². The summed E-state index contributed by atoms with van der Waals surface area (Å²) in [6.07, 6.45) is 6.18. The highest BCUT2D eigenvalue weighted by Gasteiger charge is 2.16. The number of allylic oxidation sites excluding steroid dienone is 3. The number of rotatable bonds is 13. The molecule has 9 aromatic rings. The standard InChI is InChI=1S/C60H46N2/c1-2-55(25-15-18-46-16-7-3-8-17-46)61(56-36-26-50(27-37-56)47-19-9-4-10-20-47)57-38-32-53(33-39-57)54-34-44-60(45-35-54)62(58-40-28-51(29-41-58)48-21-11-5-12-22-48)59-42-30-52(31-43-59)49-23-13-6-14-24-49/h2-45H,1H2/b18-15+,55-25+/i3D,4D,5D,6D,7D,8D,9D,10D,11D,12D,13D,14D,16D,17D,19D,20D,21D,22D,23D,24D. The second-order valence-corrected chi connectivity index (χ2v) is 13.6. The fourth-order valence-electron chi connectivity index (χ4n) is 6.83. The molecule has 296 valence electrons. The van der Waals surface area contributed by atoms with Gasteiger partial charge in [0, 0.05) is 34.1 Å². The summed E-state index contributed by atoms with van der Waals surface area (Å²) < 4.78 is 166. The van der Waals surface area contributed by atoms with Crippen molar-refractivity contribution in [3.63, 3.8) is 0 Å². The SMILES string of the molecule is [2H]c1c([2H])c([2H])c(/C=C/C=C(\C=C)N(c2ccc(-c3ccc(N(c4ccc(-c5c([2H])c([2H])c([2H])c([2H])c5[2H])cc4)c4ccc(-c5c([2H])c([2H])c([2H])c([2H])c5[2H])cc4)cc3)cc2)c2ccc(-c3c([2H])c([2H])c([2H])c([2H])c3[2H])cc2)c([2H])c1[2H]. The maximum atomic E-state index is 8.57. The van der Waals surface area contributed by atoms with E-state index in [-0.39, 0.29) is 70.6 Å². The van der Waals surface area contributed by atoms with Crippen molar-refractivity contribution in [1.29, 1.82) is 0 Å². The average molecular weight is 815 g/mol. The monoisotopic (exact) mass is 814 g/mol. The molecule has 9 aromatic carbocycles. The first kappa shape index (κ1) is 22.4. The lowest BCUT2D eigenvalue weighted by Gasteiger charge is -2.27. The second kappa shape index (κ2) is 18.8. The molecular formula is C60H46N2. The summed E-state index contributed by atoms with van der Waals surface area (Å²) in [5, 5.41) is 0. The van der Waals surface area contributed by atoms with Crippen LogP contribution in [0.25, 0.3) is 50.6 Å². The highest BCUT2D eigenvalue weighted by Crippen LogP contribution is 2.39. The molecule has 0 N–H and O–H groups in total. The van der Waals surface area contributed by atoms with Gasteiger partial charge in [-0.25, -0.2) is 0 Å². The van der Waals surface area contributed by atoms with Crippen LogP contribution in [0.15, 0.2) is 273 Å². The summed E-state index contributed by atoms with van der Waals surface area (Å²) in [6.45, 7) is 4.06. The maximum absolute atomic E-state index is 8.57. The molecular weight excluding hydrogens is 749 g/mol. The Morgan fingerprint density at radius 2 is 0.645 bits per heavy atom. The van der Waals surface area contributed by atoms with E-state index in [9.17, 15) is 0 Å². The van der Waals surface area contributed by atoms with E-state index in [1.54, 1.807) is 91.0 Å². The van der Waals surface area contributed by atoms with Crippen molar-refractivity contribution in [3.8, 4) is 44.5 Å². The Balaban J connectivity index is 1.10. The summed E-state index contributed by atoms with van der Waals surface area (Å²) in [5.74, 6) is 0. The molecule has 2 nitrogen and oxygen atoms in total. The van der Waals surface area contributed by atoms with E-state index in [4.69, 9.17) is 27.4 Å². The molecule has 0 fully saturated rings. The maximum Gasteiger partial charge on any atom is 0.0629 e. The van der Waals surface area contributed by atoms with Crippen LogP contribution in [0.3, 0.4) is 0 Å². The van der Waals surface area contributed by atoms with Crippen LogP contribution in [0.5, 0.6) is 0 Å². The van der Waals surface area contributed by atoms with Crippen molar-refractivity contribution in [2.45, 2.75) is 0 Å². The van der Waals surface area contributed by atoms with Crippen LogP contribution in [0.1, 0.15) is 33.0 Å². The van der Waals surface area contributed by atoms with Gasteiger partial charge in [-0.2, -0.15) is 0 Å². The number of anilines is 5. The lowest BCUT2D eigenvalue weighted by Crippen LogP contribution is -2.15. The molecule has 0 saturated carbocycles. The molecule has 0 aliphatic heterocycles. The van der Waals surface area contributed by atoms with Gasteiger partial charge >= 0.3 is 0 Å². The van der Waals surface area contributed by atoms with Crippen LogP contribution in [0, 0.1) is 0 Å². The minimum Gasteiger partial charge on any atom is -0.311 e. The third kappa shape index (κ3) is 9.01. The predicted octanol–water partition coefficient (Wildman–Crippen LogP) is 16.7. The Bertz CT molecular complexity index is 3860. The molecule has 0 aromatic heterocycles. The largest absolute Gasteiger partial charge is 0.311 e. The third-order valence-electron chi connectivity index (χ3n) is 9.84. The van der Waals surface area contributed by atoms with Crippen molar-refractivity contribution < 1.29 is 27.4 Å². The number of hydrogen-bond donors (Lipinski definition) is 0. The Labute approximate surface area is 394 Å². The number of benzene rings is 9. The first-order valence-corrected chi connectivity index (χ1v) is 19.4. The van der Waals surface area contributed by atoms with Gasteiger partial charge in [0.05, 0.1) is 27.4 Å². The van der Waals surface area contributed by atoms with E-state index in [1.807, 2.05) is 58.3 Å². The van der Waals surface area contributed by atoms with Gasteiger partial charge in [-0.15, -0.1) is 0 Å². The van der Waals surface area contributed by atoms with Gasteiger partial charge in [-0.1, -0.05) is 200 Å². The van der Waals surface area contributed by atoms with E-state index in [1.165, 1.54) is 6.08 Å². The lowest BCUT2D eigenvalue weighted by molar-refractivity contribution is 1.21. The fraction of sp³-hybridized carbons (Fsp3) is 0. The van der Waals surface area contributed by atoms with Gasteiger partial charge in [0.15, 0.2) is 0 Å². The first-order chi connectivity index (χ1) is 39.0. The van der Waals surface area contributed by atoms with Gasteiger partial charge in [0.1, 0.15) is 0 Å². The van der Waals surface area contributed by atoms with E-state index in [0.717, 1.165) is 11.1 Å². The molecule has 0 saturated heterocycles. The topological polar surface area (TPSA) is 6.48 Å². The van der Waals surface area contributed by atoms with Crippen LogP contribution >= 0.6 is 0 Å². The van der Waals surface area contributed by atoms with Gasteiger partial charge in [-0.3, -0.25) is 0 Å². The zero-order valence-electron chi connectivity index (χ0n) is 53.0. The van der Waals surface area contributed by atoms with Crippen molar-refractivity contribution >= 4 is 34.5 Å². The Kier molecular flexibility index (Phi) is 6.80. The normalized spacial score (nSPS) is 15.8. The molecule has 0 aliphatic carbocycles. The second-order valence-electron chi connectivity index (χ2n) is 13.6. The first-order valence-electron chi connectivity index (χ1n) is 29.4. The number of hydrogen-bond acceptors (Lipinski definition) is 2. The molecule has 0 radical (unpaired) electrons. The smallest absolute Gasteiger partial charge is 0.0629 e. The van der Waals surface area contributed by atoms with Crippen LogP contribution in [0.2, 0.25) is 0 Å². The number of nitrogens with zero attached hydrogens (tertiary/aromatic N) is 2. The zero-order chi connectivity index (χ0) is 59.3. The molecule has 9 rings (SSSR count). The molecule has 62 heavy (non-hydrogen) atoms. The zero-order valence-corrected chi connectivity index (χ0v) is 33.0. The Hall–Kier alpha value is -8.20. The molecule has 0 unspecified atom stereocenters. The highest BCUT2D eigenvalue weighted by atomic mass is 15.1. The van der Waals surface area contributed by atoms with E-state index in [0.29, 0.717) is 50.8 Å². The fourth-order valence-corrected chi connectivity index (χ4v) is 6.83. The minimum absolute atomic E-state index is 0.0197. The predicted molar refractivity (Wildman–Crippen MR) is 265 cm³/mol. The van der Waals surface area contributed by atoms with Crippen molar-refractivity contribution in [2.75, 3.05) is 9.80 Å². The van der Waals surface area contributed by atoms with E-state index < -0.39 is 72.5 Å². The average Bonchev–Trinajstić information content (AvgIpc) is 3.32. The molecule has 0 amide bonds. The van der Waals surface area contributed by atoms with Crippen LogP contribution in [-0.4, -0.2) is 0 Å². The molecule has 0 aliphatic rings. The summed E-state index contributed by atoms with van der Waals surface area (Å²) >= 11 is 0. The highest BCUT2D eigenvalue weighted by molar-refractivity contribution is 5.82. The minimum atomic E-state index is -0.518. The molecule has 0 bridgehead atoms. The third-order valence-corrected chi connectivity index (χ3v) is 9.84. The van der Waals surface area contributed by atoms with Crippen molar-refractivity contribution in [2.24, 2.45) is 0 Å². The molecule has 0 spiro atoms. The van der Waals surface area contributed by atoms with Gasteiger partial charge in [0.2, 0.25) is 0 Å². The molecule has 0 atom stereocenters. The molecule has 0 heterocycles. The summed E-state index contributed by atoms with van der Waals surface area (Å²) in [5.41, 5.74) is 6.41. The Morgan fingerprint density at radius 3 is 0.968 bits per heavy atom.